The Labute approximate surface area is 343 Å². The van der Waals surface area contributed by atoms with Crippen molar-refractivity contribution in [1.29, 1.82) is 0 Å². The Hall–Kier alpha value is -2.61. The molecular weight excluding hydrogens is 781 g/mol. The van der Waals surface area contributed by atoms with Crippen LogP contribution in [0, 0.1) is 5.92 Å². The molecule has 1 aliphatic rings. The molecule has 1 aromatic rings. The highest BCUT2D eigenvalue weighted by Gasteiger charge is 2.31. The standard InChI is InChI=1S/C38H66N5O12PS/c1-29(2)56(48,57)55-33-12-8-31(9-13-33)37(46)42-32-10-6-30(7-11-32)26-34(38(47)41-16-19-54-25-22-51-5)43(27-35(44)39-14-17-52-23-20-49-3)28-36(45)40-15-18-53-24-21-50-4/h6-7,10-11,29,31,33-34H,8-9,12-28H2,1-5H3,(H,39,44)(H,40,45)(H,41,47)(H,42,46)(H,48,57)/p-1. The summed E-state index contributed by atoms with van der Waals surface area (Å²) in [6.07, 6.45) is 2.32. The molecule has 4 amide bonds. The molecule has 1 aromatic carbocycles. The minimum atomic E-state index is -3.11. The van der Waals surface area contributed by atoms with Gasteiger partial charge in [0.2, 0.25) is 23.6 Å². The van der Waals surface area contributed by atoms with Crippen LogP contribution in [0.25, 0.3) is 0 Å². The number of anilines is 1. The second kappa shape index (κ2) is 29.6. The molecule has 1 aliphatic carbocycles. The number of hydrogen-bond donors (Lipinski definition) is 4. The van der Waals surface area contributed by atoms with Crippen molar-refractivity contribution in [3.63, 3.8) is 0 Å². The Morgan fingerprint density at radius 2 is 1.21 bits per heavy atom. The summed E-state index contributed by atoms with van der Waals surface area (Å²) in [7, 11) is 4.71. The SMILES string of the molecule is COCCOCCNC(=O)CN(CC(=O)NCCOCCOC)C(Cc1ccc(NC(=O)C2CCC(OP([O-])(=S)C(C)C)CC2)cc1)C(=O)NCCOCCOC. The molecule has 0 aromatic heterocycles. The quantitative estimate of drug-likeness (QED) is 0.0604. The fourth-order valence-corrected chi connectivity index (χ4v) is 6.95. The van der Waals surface area contributed by atoms with E-state index in [0.717, 1.165) is 5.56 Å². The van der Waals surface area contributed by atoms with E-state index in [1.807, 2.05) is 0 Å². The Kier molecular flexibility index (Phi) is 26.2. The van der Waals surface area contributed by atoms with Crippen LogP contribution in [0.5, 0.6) is 0 Å². The van der Waals surface area contributed by atoms with E-state index in [2.05, 4.69) is 21.3 Å². The number of benzene rings is 1. The van der Waals surface area contributed by atoms with Gasteiger partial charge in [-0.15, -0.1) is 0 Å². The van der Waals surface area contributed by atoms with Gasteiger partial charge in [0.25, 0.3) is 0 Å². The minimum Gasteiger partial charge on any atom is -0.800 e. The molecule has 4 N–H and O–H groups in total. The van der Waals surface area contributed by atoms with Crippen LogP contribution in [-0.4, -0.2) is 160 Å². The van der Waals surface area contributed by atoms with Crippen LogP contribution in [0.4, 0.5) is 5.69 Å². The van der Waals surface area contributed by atoms with Crippen LogP contribution < -0.4 is 26.2 Å². The second-order valence-electron chi connectivity index (χ2n) is 13.8. The van der Waals surface area contributed by atoms with Crippen molar-refractivity contribution in [3.05, 3.63) is 29.8 Å². The van der Waals surface area contributed by atoms with Gasteiger partial charge in [-0.05, 0) is 62.0 Å². The van der Waals surface area contributed by atoms with Gasteiger partial charge in [0.15, 0.2) is 0 Å². The van der Waals surface area contributed by atoms with Crippen LogP contribution in [0.15, 0.2) is 24.3 Å². The molecule has 2 rings (SSSR count). The normalized spacial score (nSPS) is 17.2. The van der Waals surface area contributed by atoms with E-state index < -0.39 is 30.3 Å². The number of nitrogens with one attached hydrogen (secondary N) is 4. The van der Waals surface area contributed by atoms with E-state index >= 15 is 0 Å². The highest BCUT2D eigenvalue weighted by Crippen LogP contribution is 2.46. The zero-order valence-corrected chi connectivity index (χ0v) is 36.0. The summed E-state index contributed by atoms with van der Waals surface area (Å²) in [4.78, 5) is 67.5. The largest absolute Gasteiger partial charge is 0.800 e. The molecule has 19 heteroatoms. The maximum Gasteiger partial charge on any atom is 0.237 e. The summed E-state index contributed by atoms with van der Waals surface area (Å²) in [6, 6.07) is 6.18. The van der Waals surface area contributed by atoms with Gasteiger partial charge in [-0.2, -0.15) is 0 Å². The lowest BCUT2D eigenvalue weighted by Crippen LogP contribution is -2.54. The number of rotatable bonds is 31. The molecule has 0 radical (unpaired) electrons. The van der Waals surface area contributed by atoms with Gasteiger partial charge in [-0.25, -0.2) is 0 Å². The predicted molar refractivity (Wildman–Crippen MR) is 218 cm³/mol. The lowest BCUT2D eigenvalue weighted by Gasteiger charge is -2.38. The third kappa shape index (κ3) is 21.8. The number of nitrogens with zero attached hydrogens (tertiary/aromatic N) is 1. The first-order valence-electron chi connectivity index (χ1n) is 19.5. The van der Waals surface area contributed by atoms with Crippen LogP contribution in [0.3, 0.4) is 0 Å². The van der Waals surface area contributed by atoms with Gasteiger partial charge in [0.05, 0.1) is 84.7 Å². The number of amides is 4. The molecular formula is C38H65N5O12PS-. The lowest BCUT2D eigenvalue weighted by molar-refractivity contribution is -0.189. The summed E-state index contributed by atoms with van der Waals surface area (Å²) < 4.78 is 37.1. The Morgan fingerprint density at radius 1 is 0.737 bits per heavy atom. The van der Waals surface area contributed by atoms with Crippen molar-refractivity contribution in [3.8, 4) is 0 Å². The summed E-state index contributed by atoms with van der Waals surface area (Å²) in [5.74, 6) is -1.52. The molecule has 0 bridgehead atoms. The van der Waals surface area contributed by atoms with Gasteiger partial charge < -0.3 is 59.1 Å². The molecule has 57 heavy (non-hydrogen) atoms. The molecule has 0 spiro atoms. The molecule has 0 heterocycles. The smallest absolute Gasteiger partial charge is 0.237 e. The van der Waals surface area contributed by atoms with E-state index in [9.17, 15) is 24.1 Å². The van der Waals surface area contributed by atoms with Gasteiger partial charge in [0, 0.05) is 52.6 Å². The van der Waals surface area contributed by atoms with Gasteiger partial charge >= 0.3 is 0 Å². The van der Waals surface area contributed by atoms with E-state index in [-0.39, 0.29) is 82.6 Å². The molecule has 0 aliphatic heterocycles. The first kappa shape index (κ1) is 50.5. The first-order chi connectivity index (χ1) is 27.4. The molecule has 17 nitrogen and oxygen atoms in total. The molecule has 326 valence electrons. The molecule has 2 atom stereocenters. The van der Waals surface area contributed by atoms with Crippen LogP contribution in [-0.2, 0) is 70.4 Å². The molecule has 1 fully saturated rings. The number of carbonyl (C=O) groups is 4. The fraction of sp³-hybridized carbons (Fsp3) is 0.737. The highest BCUT2D eigenvalue weighted by molar-refractivity contribution is 8.09. The van der Waals surface area contributed by atoms with Crippen molar-refractivity contribution in [2.75, 3.05) is 119 Å². The van der Waals surface area contributed by atoms with E-state index in [4.69, 9.17) is 44.8 Å². The number of carbonyl (C=O) groups excluding carboxylic acids is 4. The monoisotopic (exact) mass is 846 g/mol. The van der Waals surface area contributed by atoms with Crippen molar-refractivity contribution < 1.29 is 57.0 Å². The Balaban J connectivity index is 2.16. The van der Waals surface area contributed by atoms with E-state index in [1.165, 1.54) is 4.90 Å². The number of ether oxygens (including phenoxy) is 6. The zero-order chi connectivity index (χ0) is 41.9. The summed E-state index contributed by atoms with van der Waals surface area (Å²) >= 11 is 5.18. The van der Waals surface area contributed by atoms with Crippen molar-refractivity contribution in [2.24, 2.45) is 5.92 Å². The molecule has 1 saturated carbocycles. The van der Waals surface area contributed by atoms with E-state index in [1.54, 1.807) is 59.4 Å². The third-order valence-corrected chi connectivity index (χ3v) is 12.4. The highest BCUT2D eigenvalue weighted by atomic mass is 32.5. The van der Waals surface area contributed by atoms with Crippen molar-refractivity contribution >= 4 is 47.6 Å². The summed E-state index contributed by atoms with van der Waals surface area (Å²) in [5, 5.41) is 11.5. The average Bonchev–Trinajstić information content (AvgIpc) is 3.18. The van der Waals surface area contributed by atoms with Crippen LogP contribution in [0.2, 0.25) is 0 Å². The lowest BCUT2D eigenvalue weighted by atomic mass is 9.87. The van der Waals surface area contributed by atoms with Crippen molar-refractivity contribution in [2.45, 2.75) is 63.8 Å². The fourth-order valence-electron chi connectivity index (χ4n) is 5.72. The van der Waals surface area contributed by atoms with Gasteiger partial charge in [-0.1, -0.05) is 37.8 Å². The van der Waals surface area contributed by atoms with Crippen LogP contribution in [0.1, 0.15) is 45.1 Å². The van der Waals surface area contributed by atoms with E-state index in [0.29, 0.717) is 71.0 Å². The Bertz CT molecular complexity index is 1320. The number of hydrogen-bond acceptors (Lipinski definition) is 14. The minimum absolute atomic E-state index is 0.118. The van der Waals surface area contributed by atoms with Crippen LogP contribution >= 0.6 is 6.49 Å². The van der Waals surface area contributed by atoms with Gasteiger partial charge in [-0.3, -0.25) is 24.1 Å². The zero-order valence-electron chi connectivity index (χ0n) is 34.3. The molecule has 0 saturated heterocycles. The predicted octanol–water partition coefficient (Wildman–Crippen LogP) is 0.829. The third-order valence-electron chi connectivity index (χ3n) is 9.04. The Morgan fingerprint density at radius 3 is 1.67 bits per heavy atom. The number of methoxy groups -OCH3 is 3. The second-order valence-corrected chi connectivity index (χ2v) is 17.7. The van der Waals surface area contributed by atoms with Gasteiger partial charge in [0.1, 0.15) is 0 Å². The molecule has 2 unspecified atom stereocenters. The van der Waals surface area contributed by atoms with Crippen molar-refractivity contribution in [1.82, 2.24) is 20.9 Å². The maximum absolute atomic E-state index is 13.8. The maximum atomic E-state index is 13.8. The first-order valence-corrected chi connectivity index (χ1v) is 22.2. The summed E-state index contributed by atoms with van der Waals surface area (Å²) in [6.45, 7) is 3.78. The topological polar surface area (TPSA) is 207 Å². The summed E-state index contributed by atoms with van der Waals surface area (Å²) in [5.41, 5.74) is 1.09. The average molecular weight is 847 g/mol.